The molecule has 0 aromatic heterocycles. The monoisotopic (exact) mass is 288 g/mol. The smallest absolute Gasteiger partial charge is 0.244 e. The lowest BCUT2D eigenvalue weighted by molar-refractivity contribution is -0.157. The molecule has 0 saturated carbocycles. The van der Waals surface area contributed by atoms with Crippen LogP contribution in [-0.4, -0.2) is 63.2 Å². The van der Waals surface area contributed by atoms with Gasteiger partial charge in [0, 0.05) is 0 Å². The summed E-state index contributed by atoms with van der Waals surface area (Å²) in [7, 11) is 0. The summed E-state index contributed by atoms with van der Waals surface area (Å²) < 4.78 is 0. The Hall–Kier alpha value is -1.05. The number of β-amino-alcohol motifs (C(OH)–C–C–N with tert-alkyl or cyclic N) is 2. The highest BCUT2D eigenvalue weighted by molar-refractivity contribution is 7.80. The third-order valence-corrected chi connectivity index (χ3v) is 4.07. The number of aliphatic hydroxyl groups is 2. The molecule has 6 nitrogen and oxygen atoms in total. The van der Waals surface area contributed by atoms with Gasteiger partial charge in [-0.3, -0.25) is 19.4 Å². The minimum Gasteiger partial charge on any atom is -0.395 e. The quantitative estimate of drug-likeness (QED) is 0.519. The molecule has 108 valence electrons. The number of carbonyl (C=O) groups excluding carboxylic acids is 2. The van der Waals surface area contributed by atoms with Crippen molar-refractivity contribution in [2.24, 2.45) is 5.41 Å². The molecule has 0 atom stereocenters. The molecule has 1 heterocycles. The maximum Gasteiger partial charge on any atom is 0.244 e. The SMILES string of the molecule is CCC1(CC)C(=O)N(CCO)C(=S)N(CCO)C1=O. The van der Waals surface area contributed by atoms with Crippen molar-refractivity contribution >= 4 is 29.1 Å². The van der Waals surface area contributed by atoms with Crippen molar-refractivity contribution in [1.82, 2.24) is 9.80 Å². The van der Waals surface area contributed by atoms with Gasteiger partial charge in [0.25, 0.3) is 0 Å². The second kappa shape index (κ2) is 6.40. The van der Waals surface area contributed by atoms with Gasteiger partial charge in [-0.2, -0.15) is 0 Å². The van der Waals surface area contributed by atoms with E-state index in [0.29, 0.717) is 12.8 Å². The van der Waals surface area contributed by atoms with Gasteiger partial charge in [-0.05, 0) is 25.1 Å². The molecule has 19 heavy (non-hydrogen) atoms. The highest BCUT2D eigenvalue weighted by Crippen LogP contribution is 2.35. The maximum absolute atomic E-state index is 12.5. The van der Waals surface area contributed by atoms with E-state index < -0.39 is 5.41 Å². The minimum absolute atomic E-state index is 0.0641. The van der Waals surface area contributed by atoms with Gasteiger partial charge in [0.15, 0.2) is 5.11 Å². The second-order valence-corrected chi connectivity index (χ2v) is 4.80. The van der Waals surface area contributed by atoms with Gasteiger partial charge in [-0.15, -0.1) is 0 Å². The molecule has 0 aliphatic carbocycles. The summed E-state index contributed by atoms with van der Waals surface area (Å²) in [5, 5.41) is 18.2. The predicted octanol–water partition coefficient (Wildman–Crippen LogP) is -0.267. The van der Waals surface area contributed by atoms with Crippen LogP contribution >= 0.6 is 12.2 Å². The van der Waals surface area contributed by atoms with Gasteiger partial charge in [0.1, 0.15) is 5.41 Å². The van der Waals surface area contributed by atoms with Gasteiger partial charge in [-0.1, -0.05) is 13.8 Å². The molecular formula is C12H20N2O4S. The molecule has 0 bridgehead atoms. The molecule has 2 N–H and O–H groups in total. The Bertz CT molecular complexity index is 352. The van der Waals surface area contributed by atoms with Gasteiger partial charge in [-0.25, -0.2) is 0 Å². The van der Waals surface area contributed by atoms with E-state index in [4.69, 9.17) is 22.4 Å². The molecule has 1 aliphatic heterocycles. The molecule has 1 rings (SSSR count). The van der Waals surface area contributed by atoms with Crippen LogP contribution in [0.4, 0.5) is 0 Å². The molecular weight excluding hydrogens is 268 g/mol. The van der Waals surface area contributed by atoms with Crippen molar-refractivity contribution in [3.05, 3.63) is 0 Å². The topological polar surface area (TPSA) is 81.1 Å². The van der Waals surface area contributed by atoms with Crippen molar-refractivity contribution in [2.75, 3.05) is 26.3 Å². The Balaban J connectivity index is 3.23. The number of aliphatic hydroxyl groups excluding tert-OH is 2. The average Bonchev–Trinajstić information content (AvgIpc) is 2.41. The van der Waals surface area contributed by atoms with Gasteiger partial charge >= 0.3 is 0 Å². The van der Waals surface area contributed by atoms with Crippen LogP contribution in [0.15, 0.2) is 0 Å². The van der Waals surface area contributed by atoms with Crippen molar-refractivity contribution in [2.45, 2.75) is 26.7 Å². The Morgan fingerprint density at radius 2 is 1.37 bits per heavy atom. The lowest BCUT2D eigenvalue weighted by Crippen LogP contribution is -2.65. The first-order chi connectivity index (χ1) is 8.99. The molecule has 1 saturated heterocycles. The van der Waals surface area contributed by atoms with E-state index in [1.54, 1.807) is 13.8 Å². The maximum atomic E-state index is 12.5. The molecule has 1 aliphatic rings. The normalized spacial score (nSPS) is 19.3. The molecule has 0 unspecified atom stereocenters. The average molecular weight is 288 g/mol. The highest BCUT2D eigenvalue weighted by atomic mass is 32.1. The third kappa shape index (κ3) is 2.50. The highest BCUT2D eigenvalue weighted by Gasteiger charge is 2.53. The van der Waals surface area contributed by atoms with Crippen LogP contribution < -0.4 is 0 Å². The molecule has 0 spiro atoms. The van der Waals surface area contributed by atoms with E-state index in [1.165, 1.54) is 9.80 Å². The van der Waals surface area contributed by atoms with Crippen molar-refractivity contribution in [3.63, 3.8) is 0 Å². The van der Waals surface area contributed by atoms with E-state index in [2.05, 4.69) is 0 Å². The Kier molecular flexibility index (Phi) is 5.39. The number of hydrogen-bond donors (Lipinski definition) is 2. The zero-order chi connectivity index (χ0) is 14.6. The molecule has 2 amide bonds. The summed E-state index contributed by atoms with van der Waals surface area (Å²) in [6.07, 6.45) is 0.737. The van der Waals surface area contributed by atoms with Crippen molar-refractivity contribution < 1.29 is 19.8 Å². The third-order valence-electron chi connectivity index (χ3n) is 3.63. The van der Waals surface area contributed by atoms with Crippen LogP contribution in [0.2, 0.25) is 0 Å². The number of rotatable bonds is 6. The summed E-state index contributed by atoms with van der Waals surface area (Å²) in [5.41, 5.74) is -1.13. The standard InChI is InChI=1S/C12H20N2O4S/c1-3-12(4-2)9(17)13(5-7-15)11(19)14(6-8-16)10(12)18/h15-16H,3-8H2,1-2H3. The fraction of sp³-hybridized carbons (Fsp3) is 0.750. The summed E-state index contributed by atoms with van der Waals surface area (Å²) in [6, 6.07) is 0. The lowest BCUT2D eigenvalue weighted by atomic mass is 9.78. The number of carbonyl (C=O) groups is 2. The molecule has 0 aromatic carbocycles. The van der Waals surface area contributed by atoms with E-state index in [1.807, 2.05) is 0 Å². The van der Waals surface area contributed by atoms with Crippen molar-refractivity contribution in [1.29, 1.82) is 0 Å². The first-order valence-corrected chi connectivity index (χ1v) is 6.80. The lowest BCUT2D eigenvalue weighted by Gasteiger charge is -2.45. The molecule has 7 heteroatoms. The number of amides is 2. The first kappa shape index (κ1) is 16.0. The number of thiocarbonyl (C=S) groups is 1. The summed E-state index contributed by atoms with van der Waals surface area (Å²) in [5.74, 6) is -0.702. The Morgan fingerprint density at radius 3 is 1.63 bits per heavy atom. The minimum atomic E-state index is -1.13. The molecule has 1 fully saturated rings. The Morgan fingerprint density at radius 1 is 1.00 bits per heavy atom. The fourth-order valence-corrected chi connectivity index (χ4v) is 2.73. The molecule has 0 radical (unpaired) electrons. The zero-order valence-electron chi connectivity index (χ0n) is 11.3. The second-order valence-electron chi connectivity index (χ2n) is 4.43. The predicted molar refractivity (Wildman–Crippen MR) is 73.2 cm³/mol. The first-order valence-electron chi connectivity index (χ1n) is 6.39. The van der Waals surface area contributed by atoms with Gasteiger partial charge in [0.05, 0.1) is 26.3 Å². The van der Waals surface area contributed by atoms with Crippen LogP contribution in [0.5, 0.6) is 0 Å². The van der Waals surface area contributed by atoms with E-state index in [9.17, 15) is 9.59 Å². The van der Waals surface area contributed by atoms with Gasteiger partial charge < -0.3 is 10.2 Å². The van der Waals surface area contributed by atoms with Gasteiger partial charge in [0.2, 0.25) is 11.8 Å². The summed E-state index contributed by atoms with van der Waals surface area (Å²) >= 11 is 5.12. The van der Waals surface area contributed by atoms with Crippen molar-refractivity contribution in [3.8, 4) is 0 Å². The van der Waals surface area contributed by atoms with Crippen LogP contribution in [-0.2, 0) is 9.59 Å². The van der Waals surface area contributed by atoms with E-state index >= 15 is 0 Å². The summed E-state index contributed by atoms with van der Waals surface area (Å²) in [6.45, 7) is 3.24. The molecule has 0 aromatic rings. The van der Waals surface area contributed by atoms with Crippen LogP contribution in [0.3, 0.4) is 0 Å². The number of nitrogens with zero attached hydrogens (tertiary/aromatic N) is 2. The van der Waals surface area contributed by atoms with Crippen LogP contribution in [0.25, 0.3) is 0 Å². The summed E-state index contributed by atoms with van der Waals surface area (Å²) in [4.78, 5) is 27.5. The van der Waals surface area contributed by atoms with E-state index in [-0.39, 0.29) is 43.2 Å². The largest absolute Gasteiger partial charge is 0.395 e. The van der Waals surface area contributed by atoms with Crippen LogP contribution in [0, 0.1) is 5.41 Å². The zero-order valence-corrected chi connectivity index (χ0v) is 12.1. The number of hydrogen-bond acceptors (Lipinski definition) is 5. The Labute approximate surface area is 118 Å². The van der Waals surface area contributed by atoms with E-state index in [0.717, 1.165) is 0 Å². The van der Waals surface area contributed by atoms with Crippen LogP contribution in [0.1, 0.15) is 26.7 Å². The fourth-order valence-electron chi connectivity index (χ4n) is 2.38.